The third-order valence-corrected chi connectivity index (χ3v) is 7.08. The highest BCUT2D eigenvalue weighted by molar-refractivity contribution is 7.86. The Labute approximate surface area is 167 Å². The van der Waals surface area contributed by atoms with Gasteiger partial charge in [0.05, 0.1) is 12.2 Å². The van der Waals surface area contributed by atoms with Gasteiger partial charge in [-0.3, -0.25) is 4.90 Å². The van der Waals surface area contributed by atoms with Crippen molar-refractivity contribution in [2.75, 3.05) is 52.4 Å². The highest BCUT2D eigenvalue weighted by atomic mass is 35.5. The number of rotatable bonds is 6. The number of hydrogen-bond acceptors (Lipinski definition) is 5. The minimum atomic E-state index is -3.43. The van der Waals surface area contributed by atoms with E-state index in [0.29, 0.717) is 50.9 Å². The van der Waals surface area contributed by atoms with E-state index in [1.807, 2.05) is 26.0 Å². The molecule has 0 radical (unpaired) electrons. The molecule has 2 unspecified atom stereocenters. The van der Waals surface area contributed by atoms with Crippen LogP contribution < -0.4 is 4.74 Å². The molecule has 0 spiro atoms. The average molecular weight is 418 g/mol. The SMILES string of the molecule is CC1CN(S(=O)(=O)N2CCN(CCOc3ccc(Cl)cc3)CC2)CC(C)O1. The highest BCUT2D eigenvalue weighted by Gasteiger charge is 2.36. The zero-order chi connectivity index (χ0) is 19.4. The highest BCUT2D eigenvalue weighted by Crippen LogP contribution is 2.19. The van der Waals surface area contributed by atoms with Gasteiger partial charge in [0.1, 0.15) is 12.4 Å². The lowest BCUT2D eigenvalue weighted by Crippen LogP contribution is -2.57. The van der Waals surface area contributed by atoms with E-state index in [9.17, 15) is 8.42 Å². The van der Waals surface area contributed by atoms with Crippen LogP contribution in [-0.2, 0) is 14.9 Å². The molecule has 9 heteroatoms. The van der Waals surface area contributed by atoms with E-state index in [1.165, 1.54) is 0 Å². The largest absolute Gasteiger partial charge is 0.492 e. The van der Waals surface area contributed by atoms with E-state index < -0.39 is 10.2 Å². The van der Waals surface area contributed by atoms with Gasteiger partial charge in [0.2, 0.25) is 0 Å². The summed E-state index contributed by atoms with van der Waals surface area (Å²) in [6.45, 7) is 8.41. The summed E-state index contributed by atoms with van der Waals surface area (Å²) in [5, 5.41) is 0.684. The zero-order valence-corrected chi connectivity index (χ0v) is 17.5. The number of halogens is 1. The van der Waals surface area contributed by atoms with Gasteiger partial charge in [-0.25, -0.2) is 0 Å². The maximum absolute atomic E-state index is 12.9. The van der Waals surface area contributed by atoms with Gasteiger partial charge in [0.15, 0.2) is 0 Å². The predicted octanol–water partition coefficient (Wildman–Crippen LogP) is 1.69. The van der Waals surface area contributed by atoms with Gasteiger partial charge in [0, 0.05) is 50.8 Å². The Hall–Kier alpha value is -0.900. The van der Waals surface area contributed by atoms with Crippen LogP contribution in [0.5, 0.6) is 5.75 Å². The maximum atomic E-state index is 12.9. The Morgan fingerprint density at radius 3 is 2.22 bits per heavy atom. The second-order valence-corrected chi connectivity index (χ2v) is 9.49. The van der Waals surface area contributed by atoms with Crippen molar-refractivity contribution in [1.29, 1.82) is 0 Å². The molecular weight excluding hydrogens is 390 g/mol. The summed E-state index contributed by atoms with van der Waals surface area (Å²) in [6, 6.07) is 7.29. The summed E-state index contributed by atoms with van der Waals surface area (Å²) in [6.07, 6.45) is -0.148. The molecule has 2 heterocycles. The van der Waals surface area contributed by atoms with Crippen molar-refractivity contribution >= 4 is 21.8 Å². The molecule has 152 valence electrons. The third-order valence-electron chi connectivity index (χ3n) is 4.86. The molecule has 1 aromatic rings. The monoisotopic (exact) mass is 417 g/mol. The van der Waals surface area contributed by atoms with Gasteiger partial charge in [0.25, 0.3) is 10.2 Å². The molecule has 7 nitrogen and oxygen atoms in total. The van der Waals surface area contributed by atoms with Crippen LogP contribution in [0.3, 0.4) is 0 Å². The quantitative estimate of drug-likeness (QED) is 0.704. The summed E-state index contributed by atoms with van der Waals surface area (Å²) in [5.74, 6) is 0.788. The molecule has 2 aliphatic rings. The van der Waals surface area contributed by atoms with Crippen molar-refractivity contribution in [3.05, 3.63) is 29.3 Å². The lowest BCUT2D eigenvalue weighted by atomic mass is 10.3. The van der Waals surface area contributed by atoms with Crippen LogP contribution in [0.15, 0.2) is 24.3 Å². The van der Waals surface area contributed by atoms with Crippen molar-refractivity contribution in [3.8, 4) is 5.75 Å². The summed E-state index contributed by atoms with van der Waals surface area (Å²) < 4.78 is 40.3. The third kappa shape index (κ3) is 5.56. The molecule has 3 rings (SSSR count). The minimum Gasteiger partial charge on any atom is -0.492 e. The molecule has 0 aromatic heterocycles. The standard InChI is InChI=1S/C18H28ClN3O4S/c1-15-13-22(14-16(2)26-15)27(23,24)21-9-7-20(8-10-21)11-12-25-18-5-3-17(19)4-6-18/h3-6,15-16H,7-14H2,1-2H3. The van der Waals surface area contributed by atoms with Crippen LogP contribution in [0.25, 0.3) is 0 Å². The summed E-state index contributed by atoms with van der Waals surface area (Å²) in [4.78, 5) is 2.23. The molecule has 2 atom stereocenters. The smallest absolute Gasteiger partial charge is 0.282 e. The van der Waals surface area contributed by atoms with Gasteiger partial charge in [-0.05, 0) is 38.1 Å². The van der Waals surface area contributed by atoms with Crippen molar-refractivity contribution in [3.63, 3.8) is 0 Å². The van der Waals surface area contributed by atoms with Crippen molar-refractivity contribution in [2.45, 2.75) is 26.1 Å². The maximum Gasteiger partial charge on any atom is 0.282 e. The van der Waals surface area contributed by atoms with E-state index in [1.54, 1.807) is 20.7 Å². The number of piperazine rings is 1. The van der Waals surface area contributed by atoms with Gasteiger partial charge in [-0.2, -0.15) is 17.0 Å². The Morgan fingerprint density at radius 1 is 1.04 bits per heavy atom. The van der Waals surface area contributed by atoms with Crippen molar-refractivity contribution < 1.29 is 17.9 Å². The molecule has 0 aliphatic carbocycles. The molecule has 2 aliphatic heterocycles. The van der Waals surface area contributed by atoms with Crippen LogP contribution in [-0.4, -0.2) is 86.6 Å². The van der Waals surface area contributed by atoms with Gasteiger partial charge in [-0.1, -0.05) is 11.6 Å². The Balaban J connectivity index is 1.44. The first-order valence-corrected chi connectivity index (χ1v) is 11.1. The Bertz CT molecular complexity index is 698. The molecule has 2 fully saturated rings. The van der Waals surface area contributed by atoms with Gasteiger partial charge >= 0.3 is 0 Å². The molecule has 0 amide bonds. The molecule has 1 aromatic carbocycles. The fraction of sp³-hybridized carbons (Fsp3) is 0.667. The van der Waals surface area contributed by atoms with E-state index in [-0.39, 0.29) is 12.2 Å². The predicted molar refractivity (Wildman–Crippen MR) is 105 cm³/mol. The second-order valence-electron chi connectivity index (χ2n) is 7.13. The van der Waals surface area contributed by atoms with Crippen LogP contribution >= 0.6 is 11.6 Å². The van der Waals surface area contributed by atoms with E-state index in [4.69, 9.17) is 21.1 Å². The topological polar surface area (TPSA) is 62.3 Å². The van der Waals surface area contributed by atoms with Crippen molar-refractivity contribution in [2.24, 2.45) is 0 Å². The van der Waals surface area contributed by atoms with E-state index >= 15 is 0 Å². The van der Waals surface area contributed by atoms with E-state index in [2.05, 4.69) is 4.90 Å². The fourth-order valence-corrected chi connectivity index (χ4v) is 5.36. The minimum absolute atomic E-state index is 0.0742. The summed E-state index contributed by atoms with van der Waals surface area (Å²) >= 11 is 5.86. The first-order valence-electron chi connectivity index (χ1n) is 9.36. The molecule has 0 N–H and O–H groups in total. The first kappa shape index (κ1) is 20.8. The average Bonchev–Trinajstić information content (AvgIpc) is 2.63. The number of hydrogen-bond donors (Lipinski definition) is 0. The normalized spacial score (nSPS) is 26.2. The second kappa shape index (κ2) is 9.07. The Morgan fingerprint density at radius 2 is 1.63 bits per heavy atom. The van der Waals surface area contributed by atoms with Crippen LogP contribution in [0.1, 0.15) is 13.8 Å². The molecule has 0 saturated carbocycles. The molecule has 0 bridgehead atoms. The number of benzene rings is 1. The summed E-state index contributed by atoms with van der Waals surface area (Å²) in [7, 11) is -3.43. The lowest BCUT2D eigenvalue weighted by Gasteiger charge is -2.40. The van der Waals surface area contributed by atoms with Gasteiger partial charge in [-0.15, -0.1) is 0 Å². The van der Waals surface area contributed by atoms with Crippen molar-refractivity contribution in [1.82, 2.24) is 13.5 Å². The van der Waals surface area contributed by atoms with Gasteiger partial charge < -0.3 is 9.47 Å². The first-order chi connectivity index (χ1) is 12.8. The summed E-state index contributed by atoms with van der Waals surface area (Å²) in [5.41, 5.74) is 0. The number of morpholine rings is 1. The van der Waals surface area contributed by atoms with Crippen LogP contribution in [0.2, 0.25) is 5.02 Å². The zero-order valence-electron chi connectivity index (χ0n) is 15.9. The Kier molecular flexibility index (Phi) is 6.99. The molecule has 27 heavy (non-hydrogen) atoms. The van der Waals surface area contributed by atoms with Crippen LogP contribution in [0.4, 0.5) is 0 Å². The molecular formula is C18H28ClN3O4S. The van der Waals surface area contributed by atoms with E-state index in [0.717, 1.165) is 12.3 Å². The van der Waals surface area contributed by atoms with Crippen LogP contribution in [0, 0.1) is 0 Å². The lowest BCUT2D eigenvalue weighted by molar-refractivity contribution is -0.0457. The number of nitrogens with zero attached hydrogens (tertiary/aromatic N) is 3. The fourth-order valence-electron chi connectivity index (χ4n) is 3.49. The molecule has 2 saturated heterocycles. The number of ether oxygens (including phenoxy) is 2.